The number of benzene rings is 1. The van der Waals surface area contributed by atoms with Gasteiger partial charge in [-0.05, 0) is 38.3 Å². The van der Waals surface area contributed by atoms with Crippen molar-refractivity contribution in [1.82, 2.24) is 19.4 Å². The van der Waals surface area contributed by atoms with Gasteiger partial charge in [0.1, 0.15) is 12.4 Å². The number of fused-ring (bicyclic) bond motifs is 1. The molecule has 1 unspecified atom stereocenters. The second kappa shape index (κ2) is 7.76. The zero-order valence-corrected chi connectivity index (χ0v) is 15.6. The number of likely N-dealkylation sites (tertiary alicyclic amines) is 1. The monoisotopic (exact) mass is 356 g/mol. The molecule has 0 N–H and O–H groups in total. The van der Waals surface area contributed by atoms with E-state index in [2.05, 4.69) is 19.4 Å². The maximum atomic E-state index is 13.1. The van der Waals surface area contributed by atoms with Crippen LogP contribution in [0.4, 0.5) is 0 Å². The van der Waals surface area contributed by atoms with Gasteiger partial charge in [-0.1, -0.05) is 12.1 Å². The lowest BCUT2D eigenvalue weighted by Crippen LogP contribution is -2.52. The molecule has 4 rings (SSSR count). The van der Waals surface area contributed by atoms with Crippen LogP contribution in [0, 0.1) is 6.92 Å². The van der Waals surface area contributed by atoms with E-state index in [1.165, 1.54) is 6.42 Å². The number of piperidine rings is 1. The summed E-state index contributed by atoms with van der Waals surface area (Å²) in [5.74, 6) is 1.12. The van der Waals surface area contributed by atoms with Crippen LogP contribution in [0.5, 0.6) is 0 Å². The van der Waals surface area contributed by atoms with Gasteiger partial charge in [-0.25, -0.2) is 4.98 Å². The smallest absolute Gasteiger partial charge is 0.242 e. The first-order chi connectivity index (χ1) is 12.7. The number of morpholine rings is 1. The average molecular weight is 356 g/mol. The summed E-state index contributed by atoms with van der Waals surface area (Å²) in [4.78, 5) is 22.3. The maximum Gasteiger partial charge on any atom is 0.242 e. The van der Waals surface area contributed by atoms with Gasteiger partial charge in [-0.2, -0.15) is 0 Å². The largest absolute Gasteiger partial charge is 0.379 e. The van der Waals surface area contributed by atoms with Crippen LogP contribution in [0.15, 0.2) is 24.3 Å². The number of nitrogens with zero attached hydrogens (tertiary/aromatic N) is 4. The third-order valence-electron chi connectivity index (χ3n) is 5.66. The molecule has 2 aliphatic heterocycles. The predicted molar refractivity (Wildman–Crippen MR) is 101 cm³/mol. The lowest BCUT2D eigenvalue weighted by Gasteiger charge is -2.39. The van der Waals surface area contributed by atoms with E-state index in [-0.39, 0.29) is 5.91 Å². The molecule has 1 aromatic heterocycles. The van der Waals surface area contributed by atoms with Crippen molar-refractivity contribution in [3.63, 3.8) is 0 Å². The van der Waals surface area contributed by atoms with Crippen LogP contribution in [0.1, 0.15) is 25.1 Å². The van der Waals surface area contributed by atoms with Crippen LogP contribution in [0.3, 0.4) is 0 Å². The number of aromatic nitrogens is 2. The molecule has 1 amide bonds. The van der Waals surface area contributed by atoms with Crippen molar-refractivity contribution in [2.24, 2.45) is 0 Å². The van der Waals surface area contributed by atoms with Crippen molar-refractivity contribution in [3.05, 3.63) is 30.1 Å². The fraction of sp³-hybridized carbons (Fsp3) is 0.600. The number of amides is 1. The van der Waals surface area contributed by atoms with Gasteiger partial charge in [-0.15, -0.1) is 0 Å². The van der Waals surface area contributed by atoms with Crippen LogP contribution < -0.4 is 0 Å². The number of rotatable bonds is 4. The number of aryl methyl sites for hydroxylation is 1. The zero-order chi connectivity index (χ0) is 17.9. The molecule has 3 heterocycles. The van der Waals surface area contributed by atoms with Crippen molar-refractivity contribution in [3.8, 4) is 0 Å². The molecule has 6 nitrogen and oxygen atoms in total. The number of para-hydroxylation sites is 2. The van der Waals surface area contributed by atoms with Gasteiger partial charge in [0.15, 0.2) is 0 Å². The Morgan fingerprint density at radius 3 is 2.85 bits per heavy atom. The average Bonchev–Trinajstić information content (AvgIpc) is 2.98. The molecule has 0 radical (unpaired) electrons. The Morgan fingerprint density at radius 2 is 2.00 bits per heavy atom. The van der Waals surface area contributed by atoms with E-state index in [1.807, 2.05) is 31.2 Å². The van der Waals surface area contributed by atoms with Crippen LogP contribution in [0.2, 0.25) is 0 Å². The van der Waals surface area contributed by atoms with Gasteiger partial charge in [-0.3, -0.25) is 9.69 Å². The van der Waals surface area contributed by atoms with Crippen LogP contribution >= 0.6 is 0 Å². The molecule has 2 fully saturated rings. The van der Waals surface area contributed by atoms with Crippen LogP contribution in [-0.4, -0.2) is 70.7 Å². The third-order valence-corrected chi connectivity index (χ3v) is 5.66. The summed E-state index contributed by atoms with van der Waals surface area (Å²) in [6.07, 6.45) is 3.42. The van der Waals surface area contributed by atoms with Crippen molar-refractivity contribution in [2.45, 2.75) is 38.8 Å². The van der Waals surface area contributed by atoms with Crippen molar-refractivity contribution in [2.75, 3.05) is 39.4 Å². The van der Waals surface area contributed by atoms with E-state index in [0.717, 1.165) is 69.1 Å². The quantitative estimate of drug-likeness (QED) is 0.841. The molecule has 0 aliphatic carbocycles. The Labute approximate surface area is 154 Å². The van der Waals surface area contributed by atoms with E-state index in [9.17, 15) is 4.79 Å². The molecule has 2 saturated heterocycles. The fourth-order valence-corrected chi connectivity index (χ4v) is 4.22. The van der Waals surface area contributed by atoms with E-state index in [1.54, 1.807) is 0 Å². The number of hydrogen-bond acceptors (Lipinski definition) is 4. The molecule has 1 atom stereocenters. The molecular formula is C20H28N4O2. The number of ether oxygens (including phenoxy) is 1. The summed E-state index contributed by atoms with van der Waals surface area (Å²) in [5, 5.41) is 0. The van der Waals surface area contributed by atoms with Gasteiger partial charge in [0.05, 0.1) is 24.2 Å². The highest BCUT2D eigenvalue weighted by Gasteiger charge is 2.29. The van der Waals surface area contributed by atoms with Crippen molar-refractivity contribution >= 4 is 16.9 Å². The second-order valence-corrected chi connectivity index (χ2v) is 7.38. The van der Waals surface area contributed by atoms with Crippen LogP contribution in [0.25, 0.3) is 11.0 Å². The highest BCUT2D eigenvalue weighted by molar-refractivity contribution is 5.81. The molecule has 1 aromatic carbocycles. The summed E-state index contributed by atoms with van der Waals surface area (Å²) >= 11 is 0. The highest BCUT2D eigenvalue weighted by Crippen LogP contribution is 2.21. The Morgan fingerprint density at radius 1 is 1.19 bits per heavy atom. The minimum absolute atomic E-state index is 0.217. The van der Waals surface area contributed by atoms with E-state index >= 15 is 0 Å². The summed E-state index contributed by atoms with van der Waals surface area (Å²) in [7, 11) is 0. The molecule has 0 bridgehead atoms. The molecule has 0 saturated carbocycles. The van der Waals surface area contributed by atoms with Crippen molar-refractivity contribution < 1.29 is 9.53 Å². The van der Waals surface area contributed by atoms with Crippen molar-refractivity contribution in [1.29, 1.82) is 0 Å². The first-order valence-corrected chi connectivity index (χ1v) is 9.74. The number of imidazole rings is 1. The van der Waals surface area contributed by atoms with Gasteiger partial charge in [0, 0.05) is 32.2 Å². The number of carbonyl (C=O) groups is 1. The zero-order valence-electron chi connectivity index (χ0n) is 15.6. The van der Waals surface area contributed by atoms with Gasteiger partial charge in [0.25, 0.3) is 0 Å². The van der Waals surface area contributed by atoms with Gasteiger partial charge in [0.2, 0.25) is 5.91 Å². The summed E-state index contributed by atoms with van der Waals surface area (Å²) < 4.78 is 7.51. The first-order valence-electron chi connectivity index (χ1n) is 9.74. The van der Waals surface area contributed by atoms with E-state index < -0.39 is 0 Å². The fourth-order valence-electron chi connectivity index (χ4n) is 4.22. The highest BCUT2D eigenvalue weighted by atomic mass is 16.5. The first kappa shape index (κ1) is 17.5. The predicted octanol–water partition coefficient (Wildman–Crippen LogP) is 2.06. The lowest BCUT2D eigenvalue weighted by atomic mass is 10.0. The Kier molecular flexibility index (Phi) is 5.22. The second-order valence-electron chi connectivity index (χ2n) is 7.38. The third kappa shape index (κ3) is 3.62. The molecular weight excluding hydrogens is 328 g/mol. The van der Waals surface area contributed by atoms with E-state index in [4.69, 9.17) is 4.74 Å². The minimum Gasteiger partial charge on any atom is -0.379 e. The maximum absolute atomic E-state index is 13.1. The Bertz CT molecular complexity index is 766. The molecule has 2 aliphatic rings. The molecule has 6 heteroatoms. The number of carbonyl (C=O) groups excluding carboxylic acids is 1. The summed E-state index contributed by atoms with van der Waals surface area (Å²) in [6, 6.07) is 8.37. The topological polar surface area (TPSA) is 50.6 Å². The minimum atomic E-state index is 0.217. The normalized spacial score (nSPS) is 22.0. The van der Waals surface area contributed by atoms with E-state index in [0.29, 0.717) is 12.6 Å². The Hall–Kier alpha value is -1.92. The molecule has 2 aromatic rings. The van der Waals surface area contributed by atoms with Gasteiger partial charge < -0.3 is 14.2 Å². The van der Waals surface area contributed by atoms with Gasteiger partial charge >= 0.3 is 0 Å². The molecule has 26 heavy (non-hydrogen) atoms. The SMILES string of the molecule is Cc1nc2ccccc2n1CC(=O)N1CCCCC1CN1CCOCC1. The summed E-state index contributed by atoms with van der Waals surface area (Å²) in [5.41, 5.74) is 2.00. The lowest BCUT2D eigenvalue weighted by molar-refractivity contribution is -0.136. The molecule has 0 spiro atoms. The Balaban J connectivity index is 1.48. The summed E-state index contributed by atoms with van der Waals surface area (Å²) in [6.45, 7) is 7.77. The van der Waals surface area contributed by atoms with Crippen LogP contribution in [-0.2, 0) is 16.1 Å². The number of hydrogen-bond donors (Lipinski definition) is 0. The molecule has 140 valence electrons. The standard InChI is InChI=1S/C20H28N4O2/c1-16-21-18-7-2-3-8-19(18)24(16)15-20(25)23-9-5-4-6-17(23)14-22-10-12-26-13-11-22/h2-3,7-8,17H,4-6,9-15H2,1H3.